The topological polar surface area (TPSA) is 37.3 Å². The lowest BCUT2D eigenvalue weighted by molar-refractivity contribution is -0.132. The van der Waals surface area contributed by atoms with Gasteiger partial charge in [-0.05, 0) is 19.4 Å². The van der Waals surface area contributed by atoms with Crippen LogP contribution in [0.15, 0.2) is 11.6 Å². The molecular formula is C12H21FO2. The molecule has 0 aromatic carbocycles. The first-order valence-corrected chi connectivity index (χ1v) is 5.63. The van der Waals surface area contributed by atoms with Gasteiger partial charge in [-0.3, -0.25) is 0 Å². The maximum atomic E-state index is 13.2. The van der Waals surface area contributed by atoms with Crippen molar-refractivity contribution in [1.29, 1.82) is 0 Å². The molecule has 0 saturated carbocycles. The first kappa shape index (κ1) is 14.1. The summed E-state index contributed by atoms with van der Waals surface area (Å²) in [6, 6.07) is 0. The molecular weight excluding hydrogens is 195 g/mol. The number of halogens is 1. The standard InChI is InChI=1S/C12H21FO2/c1-3-4-5-6-7-8-11(13)9-10(2)12(14)15/h9,11H,3-8H2,1-2H3,(H,14,15). The lowest BCUT2D eigenvalue weighted by Gasteiger charge is -2.03. The highest BCUT2D eigenvalue weighted by molar-refractivity contribution is 5.85. The summed E-state index contributed by atoms with van der Waals surface area (Å²) in [6.07, 6.45) is 5.92. The summed E-state index contributed by atoms with van der Waals surface area (Å²) < 4.78 is 13.2. The van der Waals surface area contributed by atoms with E-state index in [0.29, 0.717) is 6.42 Å². The van der Waals surface area contributed by atoms with Gasteiger partial charge in [0, 0.05) is 5.57 Å². The molecule has 1 atom stereocenters. The number of aliphatic carboxylic acids is 1. The van der Waals surface area contributed by atoms with E-state index in [4.69, 9.17) is 5.11 Å². The van der Waals surface area contributed by atoms with E-state index in [0.717, 1.165) is 19.3 Å². The third kappa shape index (κ3) is 8.16. The van der Waals surface area contributed by atoms with Gasteiger partial charge >= 0.3 is 5.97 Å². The molecule has 1 unspecified atom stereocenters. The molecule has 2 nitrogen and oxygen atoms in total. The summed E-state index contributed by atoms with van der Waals surface area (Å²) in [5.41, 5.74) is 0.0936. The van der Waals surface area contributed by atoms with E-state index in [-0.39, 0.29) is 5.57 Å². The van der Waals surface area contributed by atoms with Crippen molar-refractivity contribution >= 4 is 5.97 Å². The highest BCUT2D eigenvalue weighted by Gasteiger charge is 2.06. The molecule has 0 radical (unpaired) electrons. The molecule has 0 heterocycles. The van der Waals surface area contributed by atoms with Crippen LogP contribution in [0.1, 0.15) is 52.4 Å². The number of carbonyl (C=O) groups is 1. The molecule has 88 valence electrons. The van der Waals surface area contributed by atoms with E-state index in [1.807, 2.05) is 0 Å². The Morgan fingerprint density at radius 3 is 2.47 bits per heavy atom. The lowest BCUT2D eigenvalue weighted by Crippen LogP contribution is -2.02. The van der Waals surface area contributed by atoms with Gasteiger partial charge in [-0.15, -0.1) is 0 Å². The second-order valence-corrected chi connectivity index (χ2v) is 3.87. The largest absolute Gasteiger partial charge is 0.478 e. The van der Waals surface area contributed by atoms with E-state index in [2.05, 4.69) is 6.92 Å². The van der Waals surface area contributed by atoms with Gasteiger partial charge in [-0.25, -0.2) is 9.18 Å². The van der Waals surface area contributed by atoms with Gasteiger partial charge in [0.25, 0.3) is 0 Å². The van der Waals surface area contributed by atoms with Crippen molar-refractivity contribution in [2.45, 2.75) is 58.5 Å². The summed E-state index contributed by atoms with van der Waals surface area (Å²) in [6.45, 7) is 3.56. The zero-order valence-corrected chi connectivity index (χ0v) is 9.63. The van der Waals surface area contributed by atoms with Crippen LogP contribution in [-0.2, 0) is 4.79 Å². The highest BCUT2D eigenvalue weighted by Crippen LogP contribution is 2.11. The lowest BCUT2D eigenvalue weighted by atomic mass is 10.1. The monoisotopic (exact) mass is 216 g/mol. The average molecular weight is 216 g/mol. The average Bonchev–Trinajstić information content (AvgIpc) is 2.17. The second-order valence-electron chi connectivity index (χ2n) is 3.87. The van der Waals surface area contributed by atoms with Crippen LogP contribution >= 0.6 is 0 Å². The Morgan fingerprint density at radius 1 is 1.33 bits per heavy atom. The molecule has 15 heavy (non-hydrogen) atoms. The molecule has 0 saturated heterocycles. The van der Waals surface area contributed by atoms with Gasteiger partial charge < -0.3 is 5.11 Å². The summed E-state index contributed by atoms with van der Waals surface area (Å²) in [5, 5.41) is 8.54. The fourth-order valence-corrected chi connectivity index (χ4v) is 1.37. The predicted octanol–water partition coefficient (Wildman–Crippen LogP) is 3.72. The zero-order chi connectivity index (χ0) is 11.7. The van der Waals surface area contributed by atoms with Crippen LogP contribution in [0.4, 0.5) is 4.39 Å². The van der Waals surface area contributed by atoms with Crippen molar-refractivity contribution in [2.24, 2.45) is 0 Å². The number of hydrogen-bond acceptors (Lipinski definition) is 1. The Morgan fingerprint density at radius 2 is 1.93 bits per heavy atom. The third-order valence-corrected chi connectivity index (χ3v) is 2.35. The molecule has 0 spiro atoms. The van der Waals surface area contributed by atoms with Crippen molar-refractivity contribution in [3.63, 3.8) is 0 Å². The molecule has 0 fully saturated rings. The van der Waals surface area contributed by atoms with Gasteiger partial charge in [-0.2, -0.15) is 0 Å². The van der Waals surface area contributed by atoms with E-state index in [9.17, 15) is 9.18 Å². The highest BCUT2D eigenvalue weighted by atomic mass is 19.1. The van der Waals surface area contributed by atoms with E-state index in [1.54, 1.807) is 0 Å². The number of rotatable bonds is 8. The van der Waals surface area contributed by atoms with Crippen molar-refractivity contribution in [1.82, 2.24) is 0 Å². The van der Waals surface area contributed by atoms with Crippen LogP contribution in [-0.4, -0.2) is 17.2 Å². The summed E-state index contributed by atoms with van der Waals surface area (Å²) in [7, 11) is 0. The van der Waals surface area contributed by atoms with Crippen molar-refractivity contribution in [2.75, 3.05) is 0 Å². The number of unbranched alkanes of at least 4 members (excludes halogenated alkanes) is 4. The maximum Gasteiger partial charge on any atom is 0.331 e. The van der Waals surface area contributed by atoms with Crippen LogP contribution < -0.4 is 0 Å². The number of carboxylic acids is 1. The predicted molar refractivity (Wildman–Crippen MR) is 59.7 cm³/mol. The van der Waals surface area contributed by atoms with Crippen LogP contribution in [0.3, 0.4) is 0 Å². The van der Waals surface area contributed by atoms with Gasteiger partial charge in [0.05, 0.1) is 0 Å². The Kier molecular flexibility index (Phi) is 7.96. The summed E-state index contributed by atoms with van der Waals surface area (Å²) >= 11 is 0. The molecule has 3 heteroatoms. The molecule has 1 N–H and O–H groups in total. The van der Waals surface area contributed by atoms with E-state index >= 15 is 0 Å². The minimum atomic E-state index is -1.11. The number of carboxylic acid groups (broad SMARTS) is 1. The van der Waals surface area contributed by atoms with Gasteiger partial charge in [0.2, 0.25) is 0 Å². The Labute approximate surface area is 91.2 Å². The van der Waals surface area contributed by atoms with Gasteiger partial charge in [0.15, 0.2) is 0 Å². The first-order valence-electron chi connectivity index (χ1n) is 5.63. The first-order chi connectivity index (χ1) is 7.07. The van der Waals surface area contributed by atoms with Crippen molar-refractivity contribution < 1.29 is 14.3 Å². The van der Waals surface area contributed by atoms with Gasteiger partial charge in [0.1, 0.15) is 6.17 Å². The fraction of sp³-hybridized carbons (Fsp3) is 0.750. The summed E-state index contributed by atoms with van der Waals surface area (Å²) in [4.78, 5) is 10.4. The summed E-state index contributed by atoms with van der Waals surface area (Å²) in [5.74, 6) is -1.04. The van der Waals surface area contributed by atoms with Crippen LogP contribution in [0, 0.1) is 0 Å². The van der Waals surface area contributed by atoms with Crippen LogP contribution in [0.5, 0.6) is 0 Å². The molecule has 0 aliphatic rings. The number of allylic oxidation sites excluding steroid dienone is 1. The fourth-order valence-electron chi connectivity index (χ4n) is 1.37. The normalized spacial score (nSPS) is 13.9. The number of alkyl halides is 1. The van der Waals surface area contributed by atoms with E-state index in [1.165, 1.54) is 25.8 Å². The van der Waals surface area contributed by atoms with E-state index < -0.39 is 12.1 Å². The zero-order valence-electron chi connectivity index (χ0n) is 9.63. The van der Waals surface area contributed by atoms with Crippen LogP contribution in [0.25, 0.3) is 0 Å². The van der Waals surface area contributed by atoms with Crippen LogP contribution in [0.2, 0.25) is 0 Å². The minimum absolute atomic E-state index is 0.0936. The molecule has 0 bridgehead atoms. The Balaban J connectivity index is 3.61. The minimum Gasteiger partial charge on any atom is -0.478 e. The quantitative estimate of drug-likeness (QED) is 0.496. The molecule has 0 aromatic heterocycles. The van der Waals surface area contributed by atoms with Crippen molar-refractivity contribution in [3.8, 4) is 0 Å². The maximum absolute atomic E-state index is 13.2. The number of hydrogen-bond donors (Lipinski definition) is 1. The smallest absolute Gasteiger partial charge is 0.331 e. The molecule has 0 amide bonds. The SMILES string of the molecule is CCCCCCCC(F)C=C(C)C(=O)O. The Hall–Kier alpha value is -0.860. The second kappa shape index (κ2) is 8.45. The van der Waals surface area contributed by atoms with Crippen molar-refractivity contribution in [3.05, 3.63) is 11.6 Å². The van der Waals surface area contributed by atoms with Gasteiger partial charge in [-0.1, -0.05) is 39.0 Å². The third-order valence-electron chi connectivity index (χ3n) is 2.35. The molecule has 0 aromatic rings. The Bertz CT molecular complexity index is 212. The molecule has 0 aliphatic carbocycles. The molecule has 0 rings (SSSR count). The molecule has 0 aliphatic heterocycles.